The number of nitrogens with zero attached hydrogens (tertiary/aromatic N) is 2. The van der Waals surface area contributed by atoms with E-state index in [4.69, 9.17) is 16.7 Å². The van der Waals surface area contributed by atoms with Crippen molar-refractivity contribution in [3.63, 3.8) is 0 Å². The van der Waals surface area contributed by atoms with Crippen LogP contribution in [0.1, 0.15) is 21.9 Å². The molecule has 26 heavy (non-hydrogen) atoms. The number of carboxylic acid groups (broad SMARTS) is 1. The van der Waals surface area contributed by atoms with Crippen LogP contribution in [0.5, 0.6) is 0 Å². The first kappa shape index (κ1) is 18.3. The number of nitrogens with one attached hydrogen (secondary N) is 1. The normalized spacial score (nSPS) is 16.7. The lowest BCUT2D eigenvalue weighted by atomic mass is 10.1. The largest absolute Gasteiger partial charge is 0.476 e. The van der Waals surface area contributed by atoms with Gasteiger partial charge < -0.3 is 15.3 Å². The second-order valence-electron chi connectivity index (χ2n) is 5.83. The molecule has 2 amide bonds. The highest BCUT2D eigenvalue weighted by atomic mass is 35.5. The Balaban J connectivity index is 1.53. The van der Waals surface area contributed by atoms with E-state index in [1.54, 1.807) is 24.3 Å². The van der Waals surface area contributed by atoms with E-state index in [2.05, 4.69) is 10.3 Å². The Kier molecular flexibility index (Phi) is 5.53. The predicted molar refractivity (Wildman–Crippen MR) is 97.7 cm³/mol. The molecule has 1 fully saturated rings. The SMILES string of the molecule is O=C(O)c1csc(CCNC(=O)C2CC(=O)N(c3ccccc3Cl)C2)n1. The average molecular weight is 394 g/mol. The number of hydrogen-bond donors (Lipinski definition) is 2. The van der Waals surface area contributed by atoms with Crippen LogP contribution >= 0.6 is 22.9 Å². The van der Waals surface area contributed by atoms with Gasteiger partial charge in [0.05, 0.1) is 21.6 Å². The van der Waals surface area contributed by atoms with Gasteiger partial charge in [0.25, 0.3) is 0 Å². The molecule has 1 saturated heterocycles. The fraction of sp³-hybridized carbons (Fsp3) is 0.294. The summed E-state index contributed by atoms with van der Waals surface area (Å²) in [5.41, 5.74) is 0.617. The lowest BCUT2D eigenvalue weighted by Gasteiger charge is -2.18. The van der Waals surface area contributed by atoms with Gasteiger partial charge in [0.2, 0.25) is 11.8 Å². The minimum atomic E-state index is -1.07. The van der Waals surface area contributed by atoms with Crippen LogP contribution in [-0.4, -0.2) is 41.0 Å². The molecule has 1 unspecified atom stereocenters. The van der Waals surface area contributed by atoms with Crippen molar-refractivity contribution in [2.24, 2.45) is 5.92 Å². The summed E-state index contributed by atoms with van der Waals surface area (Å²) < 4.78 is 0. The maximum atomic E-state index is 12.3. The van der Waals surface area contributed by atoms with E-state index in [1.807, 2.05) is 0 Å². The number of aromatic nitrogens is 1. The van der Waals surface area contributed by atoms with E-state index in [0.717, 1.165) is 0 Å². The molecule has 2 N–H and O–H groups in total. The molecule has 1 aliphatic rings. The van der Waals surface area contributed by atoms with Crippen LogP contribution in [0.15, 0.2) is 29.6 Å². The van der Waals surface area contributed by atoms with Gasteiger partial charge in [-0.15, -0.1) is 11.3 Å². The summed E-state index contributed by atoms with van der Waals surface area (Å²) in [7, 11) is 0. The topological polar surface area (TPSA) is 99.6 Å². The summed E-state index contributed by atoms with van der Waals surface area (Å²) in [6, 6.07) is 7.03. The molecule has 2 aromatic rings. The van der Waals surface area contributed by atoms with Crippen LogP contribution in [0.25, 0.3) is 0 Å². The Morgan fingerprint density at radius 3 is 2.85 bits per heavy atom. The zero-order valence-corrected chi connectivity index (χ0v) is 15.2. The summed E-state index contributed by atoms with van der Waals surface area (Å²) >= 11 is 7.37. The highest BCUT2D eigenvalue weighted by Crippen LogP contribution is 2.30. The third-order valence-electron chi connectivity index (χ3n) is 4.05. The van der Waals surface area contributed by atoms with Crippen molar-refractivity contribution in [3.05, 3.63) is 45.4 Å². The number of hydrogen-bond acceptors (Lipinski definition) is 5. The summed E-state index contributed by atoms with van der Waals surface area (Å²) in [4.78, 5) is 40.9. The molecule has 1 aromatic heterocycles. The van der Waals surface area contributed by atoms with Crippen molar-refractivity contribution >= 4 is 46.4 Å². The quantitative estimate of drug-likeness (QED) is 0.783. The number of benzene rings is 1. The van der Waals surface area contributed by atoms with Gasteiger partial charge in [-0.25, -0.2) is 9.78 Å². The van der Waals surface area contributed by atoms with Gasteiger partial charge in [0.1, 0.15) is 0 Å². The maximum absolute atomic E-state index is 12.3. The molecule has 0 radical (unpaired) electrons. The van der Waals surface area contributed by atoms with E-state index in [0.29, 0.717) is 28.7 Å². The zero-order chi connectivity index (χ0) is 18.7. The molecule has 0 spiro atoms. The minimum Gasteiger partial charge on any atom is -0.476 e. The number of carboxylic acids is 1. The van der Waals surface area contributed by atoms with Gasteiger partial charge in [0, 0.05) is 31.3 Å². The fourth-order valence-corrected chi connectivity index (χ4v) is 3.76. The molecule has 7 nitrogen and oxygen atoms in total. The van der Waals surface area contributed by atoms with E-state index in [-0.39, 0.29) is 30.5 Å². The van der Waals surface area contributed by atoms with Gasteiger partial charge in [-0.05, 0) is 12.1 Å². The Labute approximate surface area is 158 Å². The lowest BCUT2D eigenvalue weighted by molar-refractivity contribution is -0.126. The summed E-state index contributed by atoms with van der Waals surface area (Å²) in [5, 5.41) is 14.2. The Morgan fingerprint density at radius 1 is 1.38 bits per heavy atom. The number of carbonyl (C=O) groups is 3. The van der Waals surface area contributed by atoms with Crippen molar-refractivity contribution in [1.82, 2.24) is 10.3 Å². The number of rotatable bonds is 6. The van der Waals surface area contributed by atoms with Crippen molar-refractivity contribution < 1.29 is 19.5 Å². The van der Waals surface area contributed by atoms with Gasteiger partial charge in [-0.3, -0.25) is 9.59 Å². The molecular weight excluding hydrogens is 378 g/mol. The first-order valence-electron chi connectivity index (χ1n) is 7.96. The number of amides is 2. The molecule has 1 aliphatic heterocycles. The van der Waals surface area contributed by atoms with Crippen molar-refractivity contribution in [2.45, 2.75) is 12.8 Å². The molecule has 0 aliphatic carbocycles. The Bertz CT molecular complexity index is 854. The summed E-state index contributed by atoms with van der Waals surface area (Å²) in [6.07, 6.45) is 0.579. The van der Waals surface area contributed by atoms with Crippen molar-refractivity contribution in [2.75, 3.05) is 18.0 Å². The standard InChI is InChI=1S/C17H16ClN3O4S/c18-11-3-1-2-4-13(11)21-8-10(7-15(21)22)16(23)19-6-5-14-20-12(9-26-14)17(24)25/h1-4,9-10H,5-8H2,(H,19,23)(H,24,25). The van der Waals surface area contributed by atoms with Crippen LogP contribution in [-0.2, 0) is 16.0 Å². The molecule has 0 saturated carbocycles. The number of anilines is 1. The van der Waals surface area contributed by atoms with Crippen LogP contribution in [0, 0.1) is 5.92 Å². The van der Waals surface area contributed by atoms with E-state index >= 15 is 0 Å². The van der Waals surface area contributed by atoms with E-state index < -0.39 is 11.9 Å². The molecule has 136 valence electrons. The molecular formula is C17H16ClN3O4S. The van der Waals surface area contributed by atoms with Gasteiger partial charge in [-0.1, -0.05) is 23.7 Å². The smallest absolute Gasteiger partial charge is 0.355 e. The maximum Gasteiger partial charge on any atom is 0.355 e. The van der Waals surface area contributed by atoms with Crippen molar-refractivity contribution in [1.29, 1.82) is 0 Å². The second-order valence-corrected chi connectivity index (χ2v) is 7.18. The minimum absolute atomic E-state index is 0.00750. The van der Waals surface area contributed by atoms with Crippen LogP contribution < -0.4 is 10.2 Å². The van der Waals surface area contributed by atoms with Crippen molar-refractivity contribution in [3.8, 4) is 0 Å². The summed E-state index contributed by atoms with van der Waals surface area (Å²) in [5.74, 6) is -1.85. The van der Waals surface area contributed by atoms with Crippen LogP contribution in [0.2, 0.25) is 5.02 Å². The molecule has 3 rings (SSSR count). The fourth-order valence-electron chi connectivity index (χ4n) is 2.75. The Hall–Kier alpha value is -2.45. The van der Waals surface area contributed by atoms with Gasteiger partial charge in [0.15, 0.2) is 5.69 Å². The predicted octanol–water partition coefficient (Wildman–Crippen LogP) is 2.21. The molecule has 2 heterocycles. The number of para-hydroxylation sites is 1. The Morgan fingerprint density at radius 2 is 2.15 bits per heavy atom. The van der Waals surface area contributed by atoms with Gasteiger partial charge >= 0.3 is 5.97 Å². The summed E-state index contributed by atoms with van der Waals surface area (Å²) in [6.45, 7) is 0.622. The number of halogens is 1. The molecule has 1 atom stereocenters. The first-order valence-corrected chi connectivity index (χ1v) is 9.21. The lowest BCUT2D eigenvalue weighted by Crippen LogP contribution is -2.34. The number of thiazole rings is 1. The second kappa shape index (κ2) is 7.84. The van der Waals surface area contributed by atoms with Gasteiger partial charge in [-0.2, -0.15) is 0 Å². The molecule has 1 aromatic carbocycles. The number of aromatic carboxylic acids is 1. The highest BCUT2D eigenvalue weighted by Gasteiger charge is 2.35. The first-order chi connectivity index (χ1) is 12.5. The van der Waals surface area contributed by atoms with E-state index in [1.165, 1.54) is 21.6 Å². The molecule has 0 bridgehead atoms. The zero-order valence-electron chi connectivity index (χ0n) is 13.6. The van der Waals surface area contributed by atoms with Crippen LogP contribution in [0.3, 0.4) is 0 Å². The molecule has 9 heteroatoms. The average Bonchev–Trinajstić information content (AvgIpc) is 3.22. The highest BCUT2D eigenvalue weighted by molar-refractivity contribution is 7.09. The third kappa shape index (κ3) is 4.03. The van der Waals surface area contributed by atoms with Crippen LogP contribution in [0.4, 0.5) is 5.69 Å². The van der Waals surface area contributed by atoms with E-state index in [9.17, 15) is 14.4 Å². The number of carbonyl (C=O) groups excluding carboxylic acids is 2. The third-order valence-corrected chi connectivity index (χ3v) is 5.28. The monoisotopic (exact) mass is 393 g/mol.